The van der Waals surface area contributed by atoms with E-state index in [9.17, 15) is 4.79 Å². The van der Waals surface area contributed by atoms with Crippen LogP contribution in [0.25, 0.3) is 0 Å². The quantitative estimate of drug-likeness (QED) is 0.818. The summed E-state index contributed by atoms with van der Waals surface area (Å²) in [4.78, 5) is 15.7. The zero-order valence-electron chi connectivity index (χ0n) is 9.05. The Bertz CT molecular complexity index is 543. The van der Waals surface area contributed by atoms with Gasteiger partial charge in [0.25, 0.3) is 5.56 Å². The van der Waals surface area contributed by atoms with Gasteiger partial charge in [0.1, 0.15) is 5.82 Å². The molecule has 0 unspecified atom stereocenters. The summed E-state index contributed by atoms with van der Waals surface area (Å²) < 4.78 is 1.66. The number of aromatic nitrogens is 2. The van der Waals surface area contributed by atoms with Crippen molar-refractivity contribution in [1.82, 2.24) is 9.55 Å². The summed E-state index contributed by atoms with van der Waals surface area (Å²) in [5, 5.41) is 0. The lowest BCUT2D eigenvalue weighted by atomic mass is 10.2. The molecule has 2 N–H and O–H groups in total. The van der Waals surface area contributed by atoms with Crippen molar-refractivity contribution < 1.29 is 0 Å². The van der Waals surface area contributed by atoms with Gasteiger partial charge in [-0.15, -0.1) is 0 Å². The monoisotopic (exact) mass is 215 g/mol. The highest BCUT2D eigenvalue weighted by atomic mass is 16.1. The van der Waals surface area contributed by atoms with E-state index in [1.165, 1.54) is 0 Å². The molecule has 2 rings (SSSR count). The lowest BCUT2D eigenvalue weighted by Crippen LogP contribution is -2.21. The molecule has 0 radical (unpaired) electrons. The Morgan fingerprint density at radius 3 is 2.88 bits per heavy atom. The van der Waals surface area contributed by atoms with E-state index in [-0.39, 0.29) is 5.56 Å². The lowest BCUT2D eigenvalue weighted by molar-refractivity contribution is 0.750. The highest BCUT2D eigenvalue weighted by Gasteiger charge is 2.00. The van der Waals surface area contributed by atoms with Crippen LogP contribution in [0.2, 0.25) is 0 Å². The van der Waals surface area contributed by atoms with E-state index in [1.807, 2.05) is 12.1 Å². The standard InChI is InChI=1S/C12H13N3O/c1-9-3-2-6-15(12(9)16)8-10-4-5-11(13)14-7-10/h2-7H,8H2,1H3,(H2,13,14). The highest BCUT2D eigenvalue weighted by Crippen LogP contribution is 2.02. The molecule has 2 heterocycles. The van der Waals surface area contributed by atoms with E-state index in [0.29, 0.717) is 12.4 Å². The van der Waals surface area contributed by atoms with Gasteiger partial charge in [-0.25, -0.2) is 4.98 Å². The van der Waals surface area contributed by atoms with Gasteiger partial charge in [-0.3, -0.25) is 4.79 Å². The molecule has 16 heavy (non-hydrogen) atoms. The van der Waals surface area contributed by atoms with Crippen LogP contribution in [0.3, 0.4) is 0 Å². The Hall–Kier alpha value is -2.10. The second-order valence-electron chi connectivity index (χ2n) is 3.72. The first kappa shape index (κ1) is 10.4. The molecule has 4 heteroatoms. The number of nitrogens with zero attached hydrogens (tertiary/aromatic N) is 2. The first-order chi connectivity index (χ1) is 7.66. The molecule has 0 atom stereocenters. The SMILES string of the molecule is Cc1cccn(Cc2ccc(N)nc2)c1=O. The fraction of sp³-hybridized carbons (Fsp3) is 0.167. The number of aryl methyl sites for hydroxylation is 1. The number of pyridine rings is 2. The van der Waals surface area contributed by atoms with Crippen LogP contribution in [0.1, 0.15) is 11.1 Å². The van der Waals surface area contributed by atoms with Crippen molar-refractivity contribution in [2.45, 2.75) is 13.5 Å². The fourth-order valence-electron chi connectivity index (χ4n) is 1.51. The van der Waals surface area contributed by atoms with Gasteiger partial charge in [0.15, 0.2) is 0 Å². The zero-order valence-corrected chi connectivity index (χ0v) is 9.05. The van der Waals surface area contributed by atoms with E-state index in [0.717, 1.165) is 11.1 Å². The van der Waals surface area contributed by atoms with Crippen LogP contribution in [0.15, 0.2) is 41.5 Å². The minimum Gasteiger partial charge on any atom is -0.384 e. The maximum Gasteiger partial charge on any atom is 0.253 e. The van der Waals surface area contributed by atoms with Gasteiger partial charge < -0.3 is 10.3 Å². The average Bonchev–Trinajstić information content (AvgIpc) is 2.28. The number of nitrogens with two attached hydrogens (primary N) is 1. The van der Waals surface area contributed by atoms with Gasteiger partial charge in [-0.1, -0.05) is 12.1 Å². The molecule has 0 aromatic carbocycles. The van der Waals surface area contributed by atoms with Crippen molar-refractivity contribution in [1.29, 1.82) is 0 Å². The molecular weight excluding hydrogens is 202 g/mol. The molecule has 0 amide bonds. The third kappa shape index (κ3) is 2.11. The summed E-state index contributed by atoms with van der Waals surface area (Å²) in [6.07, 6.45) is 3.45. The summed E-state index contributed by atoms with van der Waals surface area (Å²) in [7, 11) is 0. The van der Waals surface area contributed by atoms with Crippen molar-refractivity contribution >= 4 is 5.82 Å². The summed E-state index contributed by atoms with van der Waals surface area (Å²) in [6.45, 7) is 2.33. The number of rotatable bonds is 2. The molecule has 2 aromatic heterocycles. The highest BCUT2D eigenvalue weighted by molar-refractivity contribution is 5.29. The van der Waals surface area contributed by atoms with Gasteiger partial charge in [-0.05, 0) is 24.6 Å². The summed E-state index contributed by atoms with van der Waals surface area (Å²) in [5.41, 5.74) is 7.22. The maximum absolute atomic E-state index is 11.8. The van der Waals surface area contributed by atoms with Gasteiger partial charge in [0.2, 0.25) is 0 Å². The van der Waals surface area contributed by atoms with Crippen molar-refractivity contribution in [3.8, 4) is 0 Å². The van der Waals surface area contributed by atoms with E-state index >= 15 is 0 Å². The minimum atomic E-state index is 0.0272. The van der Waals surface area contributed by atoms with Gasteiger partial charge >= 0.3 is 0 Å². The lowest BCUT2D eigenvalue weighted by Gasteiger charge is -2.06. The molecule has 0 fully saturated rings. The normalized spacial score (nSPS) is 10.3. The minimum absolute atomic E-state index is 0.0272. The van der Waals surface area contributed by atoms with Crippen molar-refractivity contribution in [3.05, 3.63) is 58.1 Å². The second kappa shape index (κ2) is 4.18. The summed E-state index contributed by atoms with van der Waals surface area (Å²) in [5.74, 6) is 0.486. The third-order valence-corrected chi connectivity index (χ3v) is 2.41. The van der Waals surface area contributed by atoms with Crippen LogP contribution in [0.4, 0.5) is 5.82 Å². The molecular formula is C12H13N3O. The molecule has 0 bridgehead atoms. The maximum atomic E-state index is 11.8. The molecule has 82 valence electrons. The predicted molar refractivity (Wildman–Crippen MR) is 63.2 cm³/mol. The van der Waals surface area contributed by atoms with Crippen LogP contribution in [0.5, 0.6) is 0 Å². The molecule has 0 saturated carbocycles. The van der Waals surface area contributed by atoms with Gasteiger partial charge in [0, 0.05) is 18.0 Å². The van der Waals surface area contributed by atoms with Crippen LogP contribution in [0, 0.1) is 6.92 Å². The fourth-order valence-corrected chi connectivity index (χ4v) is 1.51. The molecule has 0 aliphatic heterocycles. The van der Waals surface area contributed by atoms with Gasteiger partial charge in [-0.2, -0.15) is 0 Å². The Morgan fingerprint density at radius 2 is 2.19 bits per heavy atom. The van der Waals surface area contributed by atoms with Crippen LogP contribution in [-0.4, -0.2) is 9.55 Å². The molecule has 0 aliphatic rings. The number of nitrogen functional groups attached to an aromatic ring is 1. The van der Waals surface area contributed by atoms with Crippen LogP contribution < -0.4 is 11.3 Å². The third-order valence-electron chi connectivity index (χ3n) is 2.41. The molecule has 2 aromatic rings. The van der Waals surface area contributed by atoms with Crippen molar-refractivity contribution in [2.24, 2.45) is 0 Å². The molecule has 0 spiro atoms. The van der Waals surface area contributed by atoms with Crippen LogP contribution >= 0.6 is 0 Å². The van der Waals surface area contributed by atoms with E-state index < -0.39 is 0 Å². The smallest absolute Gasteiger partial charge is 0.253 e. The average molecular weight is 215 g/mol. The molecule has 0 aliphatic carbocycles. The Balaban J connectivity index is 2.31. The zero-order chi connectivity index (χ0) is 11.5. The Kier molecular flexibility index (Phi) is 2.72. The van der Waals surface area contributed by atoms with Crippen molar-refractivity contribution in [3.63, 3.8) is 0 Å². The Labute approximate surface area is 93.4 Å². The topological polar surface area (TPSA) is 60.9 Å². The number of hydrogen-bond donors (Lipinski definition) is 1. The molecule has 4 nitrogen and oxygen atoms in total. The van der Waals surface area contributed by atoms with Gasteiger partial charge in [0.05, 0.1) is 6.54 Å². The summed E-state index contributed by atoms with van der Waals surface area (Å²) in [6, 6.07) is 7.27. The predicted octanol–water partition coefficient (Wildman–Crippen LogP) is 1.18. The first-order valence-corrected chi connectivity index (χ1v) is 5.03. The number of anilines is 1. The second-order valence-corrected chi connectivity index (χ2v) is 3.72. The van der Waals surface area contributed by atoms with Crippen molar-refractivity contribution in [2.75, 3.05) is 5.73 Å². The van der Waals surface area contributed by atoms with E-state index in [2.05, 4.69) is 4.98 Å². The largest absolute Gasteiger partial charge is 0.384 e. The van der Waals surface area contributed by atoms with E-state index in [4.69, 9.17) is 5.73 Å². The summed E-state index contributed by atoms with van der Waals surface area (Å²) >= 11 is 0. The molecule has 0 saturated heterocycles. The first-order valence-electron chi connectivity index (χ1n) is 5.03. The van der Waals surface area contributed by atoms with E-state index in [1.54, 1.807) is 36.0 Å². The number of hydrogen-bond acceptors (Lipinski definition) is 3. The van der Waals surface area contributed by atoms with Crippen LogP contribution in [-0.2, 0) is 6.54 Å². The Morgan fingerprint density at radius 1 is 1.38 bits per heavy atom.